The number of anilines is 1. The Morgan fingerprint density at radius 3 is 2.12 bits per heavy atom. The van der Waals surface area contributed by atoms with E-state index in [9.17, 15) is 23.2 Å². The summed E-state index contributed by atoms with van der Waals surface area (Å²) in [4.78, 5) is 43.3. The van der Waals surface area contributed by atoms with Crippen LogP contribution in [-0.2, 0) is 11.3 Å². The third-order valence-electron chi connectivity index (χ3n) is 7.56. The van der Waals surface area contributed by atoms with E-state index in [0.717, 1.165) is 17.8 Å². The minimum Gasteiger partial charge on any atom is -0.480 e. The maximum Gasteiger partial charge on any atom is 0.251 e. The van der Waals surface area contributed by atoms with Gasteiger partial charge in [-0.3, -0.25) is 14.4 Å². The van der Waals surface area contributed by atoms with Crippen molar-refractivity contribution in [2.75, 3.05) is 32.1 Å². The molecule has 0 bridgehead atoms. The number of carbonyl (C=O) groups excluding carboxylic acids is 3. The Hall–Kier alpha value is -6.18. The molecular formula is C36H37F2N9O4. The fraction of sp³-hybridized carbons (Fsp3) is 0.250. The van der Waals surface area contributed by atoms with E-state index in [1.54, 1.807) is 24.3 Å². The van der Waals surface area contributed by atoms with Crippen molar-refractivity contribution in [1.82, 2.24) is 10.6 Å². The number of hydrogen-bond acceptors (Lipinski definition) is 9. The second-order valence-corrected chi connectivity index (χ2v) is 11.5. The van der Waals surface area contributed by atoms with Gasteiger partial charge in [0.25, 0.3) is 11.8 Å². The molecule has 0 fully saturated rings. The summed E-state index contributed by atoms with van der Waals surface area (Å²) in [5.74, 6) is -4.62. The van der Waals surface area contributed by atoms with Crippen molar-refractivity contribution >= 4 is 40.3 Å². The summed E-state index contributed by atoms with van der Waals surface area (Å²) in [5, 5.41) is 17.1. The molecule has 0 aliphatic rings. The van der Waals surface area contributed by atoms with Gasteiger partial charge in [0.1, 0.15) is 6.61 Å². The van der Waals surface area contributed by atoms with Gasteiger partial charge < -0.3 is 26.0 Å². The van der Waals surface area contributed by atoms with Gasteiger partial charge in [0, 0.05) is 48.1 Å². The van der Waals surface area contributed by atoms with E-state index in [0.29, 0.717) is 36.3 Å². The number of benzene rings is 4. The van der Waals surface area contributed by atoms with Crippen molar-refractivity contribution in [1.29, 1.82) is 0 Å². The molecule has 4 N–H and O–H groups in total. The highest BCUT2D eigenvalue weighted by atomic mass is 19.1. The molecule has 15 heteroatoms. The summed E-state index contributed by atoms with van der Waals surface area (Å²) < 4.78 is 35.2. The lowest BCUT2D eigenvalue weighted by atomic mass is 10.0. The fourth-order valence-electron chi connectivity index (χ4n) is 4.80. The molecule has 4 aromatic rings. The molecule has 0 heterocycles. The number of nitrogens with one attached hydrogen (secondary N) is 2. The Labute approximate surface area is 293 Å². The lowest BCUT2D eigenvalue weighted by Crippen LogP contribution is -2.43. The number of nitrogens with zero attached hydrogens (tertiary/aromatic N) is 6. The first-order valence-electron chi connectivity index (χ1n) is 15.9. The average Bonchev–Trinajstić information content (AvgIpc) is 3.12. The first-order chi connectivity index (χ1) is 24.6. The van der Waals surface area contributed by atoms with Crippen LogP contribution in [-0.4, -0.2) is 50.9 Å². The molecule has 1 atom stereocenters. The van der Waals surface area contributed by atoms with Crippen LogP contribution in [0.3, 0.4) is 0 Å². The molecule has 0 saturated heterocycles. The molecule has 2 amide bonds. The molecule has 1 unspecified atom stereocenters. The van der Waals surface area contributed by atoms with Gasteiger partial charge in [0.2, 0.25) is 0 Å². The smallest absolute Gasteiger partial charge is 0.251 e. The van der Waals surface area contributed by atoms with Gasteiger partial charge in [-0.15, -0.1) is 0 Å². The van der Waals surface area contributed by atoms with E-state index in [1.807, 2.05) is 43.3 Å². The van der Waals surface area contributed by atoms with Crippen LogP contribution in [0, 0.1) is 11.6 Å². The number of ether oxygens (including phenoxy) is 1. The second-order valence-electron chi connectivity index (χ2n) is 11.5. The van der Waals surface area contributed by atoms with Crippen molar-refractivity contribution in [2.24, 2.45) is 21.1 Å². The third-order valence-corrected chi connectivity index (χ3v) is 7.56. The van der Waals surface area contributed by atoms with E-state index < -0.39 is 47.6 Å². The molecule has 13 nitrogen and oxygen atoms in total. The Morgan fingerprint density at radius 1 is 0.863 bits per heavy atom. The number of hydrogen-bond donors (Lipinski definition) is 3. The minimum atomic E-state index is -1.07. The minimum absolute atomic E-state index is 0.123. The number of unbranched alkanes of at least 4 members (excludes halogenated alkanes) is 1. The largest absolute Gasteiger partial charge is 0.480 e. The molecule has 4 aromatic carbocycles. The van der Waals surface area contributed by atoms with Crippen LogP contribution in [0.4, 0.5) is 31.5 Å². The van der Waals surface area contributed by atoms with E-state index in [-0.39, 0.29) is 29.8 Å². The first kappa shape index (κ1) is 37.6. The number of rotatable bonds is 17. The van der Waals surface area contributed by atoms with Gasteiger partial charge in [-0.05, 0) is 110 Å². The number of amides is 2. The number of carbonyl (C=O) groups is 3. The SMILES string of the molecule is CN(C)c1ccc(N=Nc2ccc(C(=O)NCc3cc(F)c(OCC(=O)C(CCCCN)NC(=O)c4cccc(N=[N+]=[N-])c4)c(F)c3)cc2)cc1. The number of nitrogens with two attached hydrogens (primary N) is 1. The van der Waals surface area contributed by atoms with Crippen LogP contribution in [0.5, 0.6) is 5.75 Å². The van der Waals surface area contributed by atoms with Crippen LogP contribution >= 0.6 is 0 Å². The number of Topliss-reactive ketones (excluding diaryl/α,β-unsaturated/α-hetero) is 1. The molecule has 264 valence electrons. The van der Waals surface area contributed by atoms with Gasteiger partial charge in [0.15, 0.2) is 23.2 Å². The lowest BCUT2D eigenvalue weighted by molar-refractivity contribution is -0.123. The molecule has 0 radical (unpaired) electrons. The molecule has 0 spiro atoms. The van der Waals surface area contributed by atoms with E-state index >= 15 is 0 Å². The normalized spacial score (nSPS) is 11.4. The zero-order valence-electron chi connectivity index (χ0n) is 28.1. The van der Waals surface area contributed by atoms with Crippen molar-refractivity contribution in [2.45, 2.75) is 31.8 Å². The molecule has 0 aromatic heterocycles. The summed E-state index contributed by atoms with van der Waals surface area (Å²) in [6, 6.07) is 20.7. The maximum absolute atomic E-state index is 15.0. The Balaban J connectivity index is 1.32. The van der Waals surface area contributed by atoms with E-state index in [4.69, 9.17) is 16.0 Å². The molecule has 0 aliphatic carbocycles. The monoisotopic (exact) mass is 697 g/mol. The van der Waals surface area contributed by atoms with Crippen molar-refractivity contribution in [3.63, 3.8) is 0 Å². The fourth-order valence-corrected chi connectivity index (χ4v) is 4.80. The number of azo groups is 1. The summed E-state index contributed by atoms with van der Waals surface area (Å²) in [6.07, 6.45) is 1.29. The van der Waals surface area contributed by atoms with E-state index in [1.165, 1.54) is 24.3 Å². The van der Waals surface area contributed by atoms with Gasteiger partial charge in [0.05, 0.1) is 17.4 Å². The Kier molecular flexibility index (Phi) is 13.7. The van der Waals surface area contributed by atoms with Crippen molar-refractivity contribution < 1.29 is 27.9 Å². The van der Waals surface area contributed by atoms with Gasteiger partial charge in [-0.25, -0.2) is 8.78 Å². The molecule has 0 aliphatic heterocycles. The second kappa shape index (κ2) is 18.5. The average molecular weight is 698 g/mol. The van der Waals surface area contributed by atoms with Gasteiger partial charge >= 0.3 is 0 Å². The predicted molar refractivity (Wildman–Crippen MR) is 189 cm³/mol. The van der Waals surface area contributed by atoms with Crippen LogP contribution in [0.2, 0.25) is 0 Å². The third kappa shape index (κ3) is 11.2. The maximum atomic E-state index is 15.0. The number of halogens is 2. The number of azide groups is 1. The lowest BCUT2D eigenvalue weighted by Gasteiger charge is -2.18. The molecular weight excluding hydrogens is 660 g/mol. The molecule has 51 heavy (non-hydrogen) atoms. The predicted octanol–water partition coefficient (Wildman–Crippen LogP) is 7.19. The van der Waals surface area contributed by atoms with E-state index in [2.05, 4.69) is 30.9 Å². The topological polar surface area (TPSA) is 187 Å². The van der Waals surface area contributed by atoms with Crippen LogP contribution in [0.1, 0.15) is 45.5 Å². The summed E-state index contributed by atoms with van der Waals surface area (Å²) in [5.41, 5.74) is 17.3. The Bertz CT molecular complexity index is 1890. The Morgan fingerprint density at radius 2 is 1.51 bits per heavy atom. The van der Waals surface area contributed by atoms with Crippen molar-refractivity contribution in [3.8, 4) is 5.75 Å². The van der Waals surface area contributed by atoms with Gasteiger partial charge in [-0.1, -0.05) is 17.2 Å². The highest BCUT2D eigenvalue weighted by molar-refractivity contribution is 5.98. The first-order valence-corrected chi connectivity index (χ1v) is 15.9. The quantitative estimate of drug-likeness (QED) is 0.0453. The zero-order valence-corrected chi connectivity index (χ0v) is 28.1. The summed E-state index contributed by atoms with van der Waals surface area (Å²) in [7, 11) is 3.88. The highest BCUT2D eigenvalue weighted by Crippen LogP contribution is 2.25. The molecule has 4 rings (SSSR count). The van der Waals surface area contributed by atoms with Crippen LogP contribution in [0.15, 0.2) is 100 Å². The van der Waals surface area contributed by atoms with Crippen molar-refractivity contribution in [3.05, 3.63) is 124 Å². The molecule has 0 saturated carbocycles. The summed E-state index contributed by atoms with van der Waals surface area (Å²) in [6.45, 7) is -0.545. The summed E-state index contributed by atoms with van der Waals surface area (Å²) >= 11 is 0. The number of ketones is 1. The standard InChI is InChI=1S/C36H37F2N9O4/c1-47(2)29-15-13-27(14-16-29)44-43-26-11-9-24(10-12-26)35(49)41-21-23-18-30(37)34(31(38)19-23)51-22-33(48)32(8-3-4-17-39)42-36(50)25-6-5-7-28(20-25)45-46-40/h5-7,9-16,18-20,32H,3-4,8,17,21-22,39H2,1-2H3,(H,41,49)(H,42,50). The van der Waals surface area contributed by atoms with Crippen LogP contribution < -0.4 is 26.0 Å². The van der Waals surface area contributed by atoms with Crippen LogP contribution in [0.25, 0.3) is 10.4 Å². The zero-order chi connectivity index (χ0) is 36.8. The highest BCUT2D eigenvalue weighted by Gasteiger charge is 2.23. The van der Waals surface area contributed by atoms with Gasteiger partial charge in [-0.2, -0.15) is 10.2 Å².